The van der Waals surface area contributed by atoms with Crippen molar-refractivity contribution in [2.24, 2.45) is 10.9 Å². The third-order valence-corrected chi connectivity index (χ3v) is 7.17. The predicted octanol–water partition coefficient (Wildman–Crippen LogP) is 3.73. The third-order valence-electron chi connectivity index (χ3n) is 7.17. The van der Waals surface area contributed by atoms with Gasteiger partial charge in [-0.15, -0.1) is 0 Å². The molecule has 1 heterocycles. The molecule has 1 fully saturated rings. The number of benzene rings is 1. The number of nitrogen functional groups attached to an aromatic ring is 1. The maximum atomic E-state index is 6.37. The van der Waals surface area contributed by atoms with Crippen LogP contribution in [0.5, 0.6) is 5.75 Å². The van der Waals surface area contributed by atoms with Crippen molar-refractivity contribution in [3.8, 4) is 17.0 Å². The highest BCUT2D eigenvalue weighted by Crippen LogP contribution is 2.45. The molecule has 0 saturated heterocycles. The molecule has 0 amide bonds. The molecule has 8 nitrogen and oxygen atoms in total. The van der Waals surface area contributed by atoms with Crippen LogP contribution in [-0.4, -0.2) is 59.0 Å². The summed E-state index contributed by atoms with van der Waals surface area (Å²) in [6.45, 7) is 11.8. The van der Waals surface area contributed by atoms with Gasteiger partial charge < -0.3 is 25.9 Å². The van der Waals surface area contributed by atoms with E-state index >= 15 is 0 Å². The van der Waals surface area contributed by atoms with Crippen molar-refractivity contribution in [1.82, 2.24) is 14.9 Å². The van der Waals surface area contributed by atoms with E-state index in [1.165, 1.54) is 6.33 Å². The number of fused-ring (bicyclic) bond motifs is 3. The fourth-order valence-corrected chi connectivity index (χ4v) is 5.06. The number of anilines is 1. The minimum atomic E-state index is -0.529. The van der Waals surface area contributed by atoms with Crippen LogP contribution in [0.2, 0.25) is 0 Å². The molecule has 4 N–H and O–H groups in total. The number of likely N-dealkylation sites (N-methyl/N-ethyl adjacent to an activating group) is 1. The van der Waals surface area contributed by atoms with Crippen molar-refractivity contribution in [1.29, 1.82) is 0 Å². The zero-order valence-corrected chi connectivity index (χ0v) is 20.9. The van der Waals surface area contributed by atoms with Crippen LogP contribution in [0.1, 0.15) is 64.5 Å². The lowest BCUT2D eigenvalue weighted by atomic mass is 9.70. The lowest BCUT2D eigenvalue weighted by Crippen LogP contribution is -2.36. The lowest BCUT2D eigenvalue weighted by molar-refractivity contribution is 0.113. The van der Waals surface area contributed by atoms with Gasteiger partial charge in [-0.05, 0) is 70.8 Å². The average molecular weight is 467 g/mol. The molecular weight excluding hydrogens is 428 g/mol. The second kappa shape index (κ2) is 10.3. The number of aromatic nitrogens is 2. The first kappa shape index (κ1) is 24.4. The molecule has 4 rings (SSSR count). The number of hydrogen-bond donors (Lipinski definition) is 2. The summed E-state index contributed by atoms with van der Waals surface area (Å²) >= 11 is 0. The zero-order valence-electron chi connectivity index (χ0n) is 20.9. The van der Waals surface area contributed by atoms with Crippen LogP contribution < -0.4 is 16.2 Å². The molecule has 1 aromatic carbocycles. The van der Waals surface area contributed by atoms with Crippen molar-refractivity contribution >= 4 is 11.5 Å². The van der Waals surface area contributed by atoms with E-state index in [0.717, 1.165) is 79.2 Å². The van der Waals surface area contributed by atoms with E-state index in [4.69, 9.17) is 21.0 Å². The summed E-state index contributed by atoms with van der Waals surface area (Å²) in [5.41, 5.74) is 16.3. The standard InChI is InChI=1S/C26H38N6O2/c1-5-32(6-2)13-14-33-31-24-21-15-19(34-18-9-7-17(27)8-10-18)11-12-20(21)23-22(26(24,3)4)25(28)30-16-29-23/h11-12,15-18H,5-10,13-14,27H2,1-4H3,(H2,28,29,30)/b31-24+/t17-,18-. The van der Waals surface area contributed by atoms with E-state index < -0.39 is 5.41 Å². The first-order chi connectivity index (χ1) is 16.3. The Hall–Kier alpha value is -2.71. The monoisotopic (exact) mass is 466 g/mol. The Balaban J connectivity index is 1.68. The molecule has 1 aromatic heterocycles. The van der Waals surface area contributed by atoms with E-state index in [2.05, 4.69) is 53.8 Å². The number of hydrogen-bond acceptors (Lipinski definition) is 8. The van der Waals surface area contributed by atoms with Crippen molar-refractivity contribution in [3.05, 3.63) is 35.7 Å². The molecular formula is C26H38N6O2. The summed E-state index contributed by atoms with van der Waals surface area (Å²) in [5, 5.41) is 4.66. The number of nitrogens with two attached hydrogens (primary N) is 2. The molecule has 1 saturated carbocycles. The van der Waals surface area contributed by atoms with Gasteiger partial charge in [0.1, 0.15) is 24.5 Å². The molecule has 184 valence electrons. The van der Waals surface area contributed by atoms with Crippen molar-refractivity contribution in [2.75, 3.05) is 32.0 Å². The van der Waals surface area contributed by atoms with E-state index in [-0.39, 0.29) is 12.1 Å². The normalized spacial score (nSPS) is 22.4. The summed E-state index contributed by atoms with van der Waals surface area (Å²) in [7, 11) is 0. The summed E-state index contributed by atoms with van der Waals surface area (Å²) in [5.74, 6) is 1.30. The highest BCUT2D eigenvalue weighted by molar-refractivity contribution is 6.15. The largest absolute Gasteiger partial charge is 0.490 e. The van der Waals surface area contributed by atoms with Gasteiger partial charge in [0, 0.05) is 34.7 Å². The number of rotatable bonds is 8. The molecule has 0 unspecified atom stereocenters. The van der Waals surface area contributed by atoms with Crippen molar-refractivity contribution in [3.63, 3.8) is 0 Å². The third kappa shape index (κ3) is 4.88. The molecule has 0 atom stereocenters. The van der Waals surface area contributed by atoms with Crippen molar-refractivity contribution < 1.29 is 9.57 Å². The Labute approximate surface area is 202 Å². The molecule has 2 aliphatic carbocycles. The number of nitrogens with zero attached hydrogens (tertiary/aromatic N) is 4. The quantitative estimate of drug-likeness (QED) is 0.450. The summed E-state index contributed by atoms with van der Waals surface area (Å²) in [6.07, 6.45) is 5.66. The maximum absolute atomic E-state index is 6.37. The average Bonchev–Trinajstić information content (AvgIpc) is 2.82. The molecule has 2 aromatic rings. The summed E-state index contributed by atoms with van der Waals surface area (Å²) < 4.78 is 6.37. The first-order valence-corrected chi connectivity index (χ1v) is 12.5. The van der Waals surface area contributed by atoms with Gasteiger partial charge in [-0.25, -0.2) is 9.97 Å². The maximum Gasteiger partial charge on any atom is 0.131 e. The lowest BCUT2D eigenvalue weighted by Gasteiger charge is -2.35. The number of oxime groups is 1. The van der Waals surface area contributed by atoms with E-state index in [9.17, 15) is 0 Å². The SMILES string of the molecule is CCN(CC)CCO/N=C1\c2cc(O[C@H]3CC[C@H](N)CC3)ccc2-c2ncnc(N)c2C1(C)C. The van der Waals surface area contributed by atoms with E-state index in [1.54, 1.807) is 0 Å². The van der Waals surface area contributed by atoms with Crippen LogP contribution in [0.4, 0.5) is 5.82 Å². The van der Waals surface area contributed by atoms with Crippen molar-refractivity contribution in [2.45, 2.75) is 70.9 Å². The smallest absolute Gasteiger partial charge is 0.131 e. The Morgan fingerprint density at radius 3 is 2.53 bits per heavy atom. The summed E-state index contributed by atoms with van der Waals surface area (Å²) in [4.78, 5) is 17.0. The zero-order chi connectivity index (χ0) is 24.3. The van der Waals surface area contributed by atoms with Gasteiger partial charge in [0.05, 0.1) is 17.5 Å². The predicted molar refractivity (Wildman–Crippen MR) is 136 cm³/mol. The Morgan fingerprint density at radius 1 is 1.09 bits per heavy atom. The van der Waals surface area contributed by atoms with E-state index in [0.29, 0.717) is 12.4 Å². The molecule has 0 bridgehead atoms. The Bertz CT molecular complexity index is 1030. The number of ether oxygens (including phenoxy) is 1. The fraction of sp³-hybridized carbons (Fsp3) is 0.577. The molecule has 0 spiro atoms. The van der Waals surface area contributed by atoms with Gasteiger partial charge in [0.2, 0.25) is 0 Å². The molecule has 34 heavy (non-hydrogen) atoms. The fourth-order valence-electron chi connectivity index (χ4n) is 5.06. The Morgan fingerprint density at radius 2 is 1.82 bits per heavy atom. The second-order valence-corrected chi connectivity index (χ2v) is 9.77. The van der Waals surface area contributed by atoms with Gasteiger partial charge in [-0.1, -0.05) is 19.0 Å². The van der Waals surface area contributed by atoms with Crippen LogP contribution in [0.15, 0.2) is 29.7 Å². The van der Waals surface area contributed by atoms with Crippen LogP contribution in [-0.2, 0) is 10.3 Å². The minimum absolute atomic E-state index is 0.186. The van der Waals surface area contributed by atoms with Gasteiger partial charge >= 0.3 is 0 Å². The minimum Gasteiger partial charge on any atom is -0.490 e. The molecule has 0 aliphatic heterocycles. The molecule has 0 radical (unpaired) electrons. The van der Waals surface area contributed by atoms with Gasteiger partial charge in [-0.3, -0.25) is 0 Å². The first-order valence-electron chi connectivity index (χ1n) is 12.5. The van der Waals surface area contributed by atoms with Crippen LogP contribution >= 0.6 is 0 Å². The topological polar surface area (TPSA) is 112 Å². The van der Waals surface area contributed by atoms with E-state index in [1.807, 2.05) is 12.1 Å². The van der Waals surface area contributed by atoms with Gasteiger partial charge in [0.25, 0.3) is 0 Å². The van der Waals surface area contributed by atoms with Gasteiger partial charge in [0.15, 0.2) is 0 Å². The van der Waals surface area contributed by atoms with Crippen LogP contribution in [0, 0.1) is 0 Å². The highest BCUT2D eigenvalue weighted by Gasteiger charge is 2.41. The highest BCUT2D eigenvalue weighted by atomic mass is 16.6. The summed E-state index contributed by atoms with van der Waals surface area (Å²) in [6, 6.07) is 6.41. The van der Waals surface area contributed by atoms with Gasteiger partial charge in [-0.2, -0.15) is 0 Å². The Kier molecular flexibility index (Phi) is 7.38. The van der Waals surface area contributed by atoms with Crippen LogP contribution in [0.25, 0.3) is 11.3 Å². The molecule has 2 aliphatic rings. The molecule has 8 heteroatoms. The second-order valence-electron chi connectivity index (χ2n) is 9.77. The van der Waals surface area contributed by atoms with Crippen LogP contribution in [0.3, 0.4) is 0 Å².